The van der Waals surface area contributed by atoms with E-state index < -0.39 is 72.7 Å². The van der Waals surface area contributed by atoms with Crippen LogP contribution >= 0.6 is 0 Å². The molecule has 0 radical (unpaired) electrons. The van der Waals surface area contributed by atoms with E-state index in [4.69, 9.17) is 11.5 Å². The summed E-state index contributed by atoms with van der Waals surface area (Å²) in [4.78, 5) is 60.1. The first kappa shape index (κ1) is 27.5. The van der Waals surface area contributed by atoms with Crippen molar-refractivity contribution < 1.29 is 34.2 Å². The third kappa shape index (κ3) is 9.25. The number of carboxylic acid groups (broad SMARTS) is 1. The molecule has 0 bridgehead atoms. The Balaban J connectivity index is 2.84. The topological polar surface area (TPSA) is 214 Å². The van der Waals surface area contributed by atoms with Crippen LogP contribution in [0.4, 0.5) is 0 Å². The van der Waals surface area contributed by atoms with Gasteiger partial charge in [0.2, 0.25) is 23.6 Å². The Labute approximate surface area is 191 Å². The summed E-state index contributed by atoms with van der Waals surface area (Å²) < 4.78 is 0. The molecule has 9 N–H and O–H groups in total. The molecule has 4 amide bonds. The third-order valence-electron chi connectivity index (χ3n) is 4.72. The summed E-state index contributed by atoms with van der Waals surface area (Å²) in [6.45, 7) is 2.32. The highest BCUT2D eigenvalue weighted by molar-refractivity contribution is 5.96. The second-order valence-electron chi connectivity index (χ2n) is 7.84. The van der Waals surface area contributed by atoms with Gasteiger partial charge in [0.25, 0.3) is 0 Å². The lowest BCUT2D eigenvalue weighted by Gasteiger charge is -2.24. The van der Waals surface area contributed by atoms with Crippen molar-refractivity contribution in [3.8, 4) is 0 Å². The van der Waals surface area contributed by atoms with Crippen LogP contribution in [0, 0.1) is 5.92 Å². The average Bonchev–Trinajstić information content (AvgIpc) is 2.74. The molecule has 0 fully saturated rings. The van der Waals surface area contributed by atoms with Gasteiger partial charge in [-0.15, -0.1) is 0 Å². The van der Waals surface area contributed by atoms with Gasteiger partial charge in [-0.3, -0.25) is 19.2 Å². The molecule has 1 aromatic rings. The monoisotopic (exact) mass is 465 g/mol. The highest BCUT2D eigenvalue weighted by atomic mass is 16.4. The van der Waals surface area contributed by atoms with Gasteiger partial charge in [-0.1, -0.05) is 44.2 Å². The summed E-state index contributed by atoms with van der Waals surface area (Å²) in [5.41, 5.74) is 11.8. The number of amides is 4. The number of aliphatic hydroxyl groups excluding tert-OH is 1. The van der Waals surface area contributed by atoms with Crippen molar-refractivity contribution >= 4 is 29.6 Å². The van der Waals surface area contributed by atoms with Gasteiger partial charge in [0.15, 0.2) is 0 Å². The second-order valence-corrected chi connectivity index (χ2v) is 7.84. The Morgan fingerprint density at radius 1 is 0.909 bits per heavy atom. The standard InChI is InChI=1S/C21H31N5O7/c1-11(2)17(21(32)33)26-19(30)14(9-16(23)28)24-20(31)15(10-27)25-18(29)13(22)8-12-6-4-3-5-7-12/h3-7,11,13-15,17,27H,8-10,22H2,1-2H3,(H2,23,28)(H,24,31)(H,25,29)(H,26,30)(H,32,33). The van der Waals surface area contributed by atoms with Crippen LogP contribution in [0.2, 0.25) is 0 Å². The van der Waals surface area contributed by atoms with E-state index in [1.165, 1.54) is 0 Å². The van der Waals surface area contributed by atoms with Gasteiger partial charge in [0, 0.05) is 0 Å². The predicted molar refractivity (Wildman–Crippen MR) is 117 cm³/mol. The number of primary amides is 1. The van der Waals surface area contributed by atoms with Crippen LogP contribution in [-0.4, -0.2) is 70.6 Å². The van der Waals surface area contributed by atoms with Gasteiger partial charge in [-0.25, -0.2) is 4.79 Å². The summed E-state index contributed by atoms with van der Waals surface area (Å²) in [5.74, 6) is -5.35. The Bertz CT molecular complexity index is 847. The van der Waals surface area contributed by atoms with Crippen LogP contribution in [0.5, 0.6) is 0 Å². The van der Waals surface area contributed by atoms with Gasteiger partial charge >= 0.3 is 5.97 Å². The molecule has 12 nitrogen and oxygen atoms in total. The SMILES string of the molecule is CC(C)C(NC(=O)C(CC(N)=O)NC(=O)C(CO)NC(=O)C(N)Cc1ccccc1)C(=O)O. The molecule has 0 aromatic heterocycles. The Hall–Kier alpha value is -3.51. The minimum Gasteiger partial charge on any atom is -0.480 e. The molecule has 0 aliphatic rings. The number of benzene rings is 1. The number of carbonyl (C=O) groups is 5. The first-order valence-corrected chi connectivity index (χ1v) is 10.3. The molecule has 182 valence electrons. The van der Waals surface area contributed by atoms with Crippen molar-refractivity contribution in [2.24, 2.45) is 17.4 Å². The normalized spacial score (nSPS) is 14.5. The zero-order valence-electron chi connectivity index (χ0n) is 18.5. The predicted octanol–water partition coefficient (Wildman–Crippen LogP) is -2.38. The summed E-state index contributed by atoms with van der Waals surface area (Å²) in [7, 11) is 0. The molecule has 4 unspecified atom stereocenters. The Kier molecular flexibility index (Phi) is 11.0. The van der Waals surface area contributed by atoms with E-state index in [1.54, 1.807) is 44.2 Å². The zero-order valence-corrected chi connectivity index (χ0v) is 18.5. The van der Waals surface area contributed by atoms with E-state index in [1.807, 2.05) is 0 Å². The maximum atomic E-state index is 12.6. The largest absolute Gasteiger partial charge is 0.480 e. The number of nitrogens with one attached hydrogen (secondary N) is 3. The summed E-state index contributed by atoms with van der Waals surface area (Å²) in [6.07, 6.45) is -0.438. The molecule has 0 saturated heterocycles. The number of aliphatic carboxylic acids is 1. The van der Waals surface area contributed by atoms with Crippen molar-refractivity contribution in [2.75, 3.05) is 6.61 Å². The fourth-order valence-electron chi connectivity index (χ4n) is 2.88. The van der Waals surface area contributed by atoms with Gasteiger partial charge in [-0.05, 0) is 17.9 Å². The van der Waals surface area contributed by atoms with Crippen LogP contribution in [0.15, 0.2) is 30.3 Å². The summed E-state index contributed by atoms with van der Waals surface area (Å²) in [6, 6.07) is 3.65. The molecule has 1 rings (SSSR count). The highest BCUT2D eigenvalue weighted by Crippen LogP contribution is 2.05. The molecule has 0 heterocycles. The quantitative estimate of drug-likeness (QED) is 0.167. The van der Waals surface area contributed by atoms with E-state index in [0.29, 0.717) is 0 Å². The van der Waals surface area contributed by atoms with E-state index in [2.05, 4.69) is 16.0 Å². The fourth-order valence-corrected chi connectivity index (χ4v) is 2.88. The van der Waals surface area contributed by atoms with Gasteiger partial charge in [0.05, 0.1) is 19.1 Å². The minimum absolute atomic E-state index is 0.185. The van der Waals surface area contributed by atoms with E-state index in [9.17, 15) is 34.2 Å². The first-order chi connectivity index (χ1) is 15.5. The van der Waals surface area contributed by atoms with Crippen LogP contribution in [0.1, 0.15) is 25.8 Å². The number of rotatable bonds is 13. The van der Waals surface area contributed by atoms with Crippen molar-refractivity contribution in [3.05, 3.63) is 35.9 Å². The third-order valence-corrected chi connectivity index (χ3v) is 4.72. The van der Waals surface area contributed by atoms with Crippen LogP contribution in [-0.2, 0) is 30.4 Å². The molecule has 0 saturated carbocycles. The van der Waals surface area contributed by atoms with Gasteiger partial charge < -0.3 is 37.6 Å². The molecule has 33 heavy (non-hydrogen) atoms. The molecule has 0 aliphatic carbocycles. The van der Waals surface area contributed by atoms with E-state index >= 15 is 0 Å². The van der Waals surface area contributed by atoms with E-state index in [-0.39, 0.29) is 6.42 Å². The first-order valence-electron chi connectivity index (χ1n) is 10.3. The van der Waals surface area contributed by atoms with Crippen molar-refractivity contribution in [2.45, 2.75) is 50.9 Å². The molecular formula is C21H31N5O7. The summed E-state index contributed by atoms with van der Waals surface area (Å²) in [5, 5.41) is 25.5. The minimum atomic E-state index is -1.51. The molecule has 4 atom stereocenters. The lowest BCUT2D eigenvalue weighted by molar-refractivity contribution is -0.143. The number of hydrogen-bond donors (Lipinski definition) is 7. The molecular weight excluding hydrogens is 434 g/mol. The van der Waals surface area contributed by atoms with Crippen LogP contribution < -0.4 is 27.4 Å². The van der Waals surface area contributed by atoms with Gasteiger partial charge in [-0.2, -0.15) is 0 Å². The fraction of sp³-hybridized carbons (Fsp3) is 0.476. The van der Waals surface area contributed by atoms with Gasteiger partial charge in [0.1, 0.15) is 18.1 Å². The average molecular weight is 466 g/mol. The Morgan fingerprint density at radius 2 is 1.45 bits per heavy atom. The van der Waals surface area contributed by atoms with Crippen LogP contribution in [0.25, 0.3) is 0 Å². The molecule has 0 aliphatic heterocycles. The van der Waals surface area contributed by atoms with Crippen molar-refractivity contribution in [1.29, 1.82) is 0 Å². The maximum absolute atomic E-state index is 12.6. The number of nitrogens with two attached hydrogens (primary N) is 2. The summed E-state index contributed by atoms with van der Waals surface area (Å²) >= 11 is 0. The molecule has 1 aromatic carbocycles. The van der Waals surface area contributed by atoms with Crippen molar-refractivity contribution in [3.63, 3.8) is 0 Å². The van der Waals surface area contributed by atoms with E-state index in [0.717, 1.165) is 5.56 Å². The zero-order chi connectivity index (χ0) is 25.1. The molecule has 12 heteroatoms. The second kappa shape index (κ2) is 13.1. The smallest absolute Gasteiger partial charge is 0.326 e. The lowest BCUT2D eigenvalue weighted by Crippen LogP contribution is -2.59. The number of carbonyl (C=O) groups excluding carboxylic acids is 4. The number of carboxylic acids is 1. The highest BCUT2D eigenvalue weighted by Gasteiger charge is 2.32. The Morgan fingerprint density at radius 3 is 1.94 bits per heavy atom. The molecule has 0 spiro atoms. The number of hydrogen-bond acceptors (Lipinski definition) is 7. The lowest BCUT2D eigenvalue weighted by atomic mass is 10.0. The maximum Gasteiger partial charge on any atom is 0.326 e. The van der Waals surface area contributed by atoms with Crippen molar-refractivity contribution in [1.82, 2.24) is 16.0 Å². The van der Waals surface area contributed by atoms with Crippen LogP contribution in [0.3, 0.4) is 0 Å². The number of aliphatic hydroxyl groups is 1.